The molecule has 1 aromatic heterocycles. The van der Waals surface area contributed by atoms with Crippen molar-refractivity contribution >= 4 is 28.7 Å². The zero-order chi connectivity index (χ0) is 21.4. The number of hydrogen-bond donors (Lipinski definition) is 1. The Labute approximate surface area is 178 Å². The second-order valence-corrected chi connectivity index (χ2v) is 8.13. The number of rotatable bonds is 5. The van der Waals surface area contributed by atoms with Crippen LogP contribution >= 0.6 is 11.3 Å². The van der Waals surface area contributed by atoms with Gasteiger partial charge in [-0.05, 0) is 43.7 Å². The summed E-state index contributed by atoms with van der Waals surface area (Å²) in [6.45, 7) is 3.57. The molecule has 7 heteroatoms. The van der Waals surface area contributed by atoms with E-state index in [0.717, 1.165) is 5.01 Å². The molecular formula is C23H20N2O4S. The van der Waals surface area contributed by atoms with E-state index in [1.54, 1.807) is 62.6 Å². The van der Waals surface area contributed by atoms with Crippen LogP contribution in [0.5, 0.6) is 5.75 Å². The zero-order valence-corrected chi connectivity index (χ0v) is 17.6. The molecule has 1 unspecified atom stereocenters. The molecule has 0 saturated carbocycles. The second-order valence-electron chi connectivity index (χ2n) is 6.93. The van der Waals surface area contributed by atoms with Crippen LogP contribution in [0.25, 0.3) is 0 Å². The molecular weight excluding hydrogens is 400 g/mol. The van der Waals surface area contributed by atoms with E-state index in [0.29, 0.717) is 27.6 Å². The summed E-state index contributed by atoms with van der Waals surface area (Å²) in [6, 6.07) is 15.4. The number of carbonyl (C=O) groups is 2. The minimum absolute atomic E-state index is 0.0563. The third-order valence-corrected chi connectivity index (χ3v) is 6.10. The SMILES string of the molecule is COc1ccc(C2C(C(=O)c3sc(C)nc3C)=C(O)C(=O)N2c2ccccc2)cc1. The molecule has 1 atom stereocenters. The van der Waals surface area contributed by atoms with Gasteiger partial charge in [-0.15, -0.1) is 11.3 Å². The van der Waals surface area contributed by atoms with Crippen molar-refractivity contribution in [2.45, 2.75) is 19.9 Å². The maximum absolute atomic E-state index is 13.5. The number of amides is 1. The number of benzene rings is 2. The van der Waals surface area contributed by atoms with Crippen LogP contribution in [-0.2, 0) is 4.79 Å². The number of ketones is 1. The summed E-state index contributed by atoms with van der Waals surface area (Å²) in [4.78, 5) is 32.7. The van der Waals surface area contributed by atoms with Gasteiger partial charge >= 0.3 is 0 Å². The molecule has 0 bridgehead atoms. The fourth-order valence-electron chi connectivity index (χ4n) is 3.66. The van der Waals surface area contributed by atoms with Crippen molar-refractivity contribution in [2.24, 2.45) is 0 Å². The molecule has 4 rings (SSSR count). The topological polar surface area (TPSA) is 79.7 Å². The predicted octanol–water partition coefficient (Wildman–Crippen LogP) is 4.55. The number of para-hydroxylation sites is 1. The highest BCUT2D eigenvalue weighted by atomic mass is 32.1. The first kappa shape index (κ1) is 19.8. The molecule has 1 amide bonds. The van der Waals surface area contributed by atoms with Gasteiger partial charge in [0, 0.05) is 5.69 Å². The number of anilines is 1. The average molecular weight is 420 g/mol. The van der Waals surface area contributed by atoms with Crippen molar-refractivity contribution in [3.05, 3.63) is 87.1 Å². The number of aromatic nitrogens is 1. The highest BCUT2D eigenvalue weighted by Gasteiger charge is 2.45. The van der Waals surface area contributed by atoms with E-state index in [1.165, 1.54) is 16.2 Å². The second kappa shape index (κ2) is 7.76. The third-order valence-electron chi connectivity index (χ3n) is 5.03. The van der Waals surface area contributed by atoms with Gasteiger partial charge in [0.1, 0.15) is 5.75 Å². The van der Waals surface area contributed by atoms with Crippen molar-refractivity contribution in [1.29, 1.82) is 0 Å². The van der Waals surface area contributed by atoms with E-state index in [9.17, 15) is 14.7 Å². The van der Waals surface area contributed by atoms with Crippen LogP contribution in [0.1, 0.15) is 32.0 Å². The Morgan fingerprint density at radius 1 is 1.10 bits per heavy atom. The Balaban J connectivity index is 1.88. The lowest BCUT2D eigenvalue weighted by molar-refractivity contribution is -0.117. The molecule has 3 aromatic rings. The van der Waals surface area contributed by atoms with Gasteiger partial charge in [-0.25, -0.2) is 4.98 Å². The summed E-state index contributed by atoms with van der Waals surface area (Å²) < 4.78 is 5.23. The molecule has 1 N–H and O–H groups in total. The lowest BCUT2D eigenvalue weighted by atomic mass is 9.94. The number of thiazole rings is 1. The molecule has 152 valence electrons. The first-order valence-electron chi connectivity index (χ1n) is 9.36. The van der Waals surface area contributed by atoms with E-state index in [1.807, 2.05) is 13.0 Å². The maximum atomic E-state index is 13.5. The van der Waals surface area contributed by atoms with E-state index in [-0.39, 0.29) is 11.4 Å². The molecule has 0 fully saturated rings. The van der Waals surface area contributed by atoms with Gasteiger partial charge in [0.15, 0.2) is 5.76 Å². The summed E-state index contributed by atoms with van der Waals surface area (Å²) in [7, 11) is 1.57. The third kappa shape index (κ3) is 3.27. The highest BCUT2D eigenvalue weighted by Crippen LogP contribution is 2.42. The number of carbonyl (C=O) groups excluding carboxylic acids is 2. The summed E-state index contributed by atoms with van der Waals surface area (Å²) in [6.07, 6.45) is 0. The molecule has 1 aliphatic rings. The van der Waals surface area contributed by atoms with Gasteiger partial charge in [-0.1, -0.05) is 30.3 Å². The monoisotopic (exact) mass is 420 g/mol. The normalized spacial score (nSPS) is 16.3. The fraction of sp³-hybridized carbons (Fsp3) is 0.174. The van der Waals surface area contributed by atoms with Crippen molar-refractivity contribution < 1.29 is 19.4 Å². The number of aryl methyl sites for hydroxylation is 2. The maximum Gasteiger partial charge on any atom is 0.294 e. The van der Waals surface area contributed by atoms with E-state index in [2.05, 4.69) is 4.98 Å². The largest absolute Gasteiger partial charge is 0.503 e. The molecule has 0 radical (unpaired) electrons. The fourth-order valence-corrected chi connectivity index (χ4v) is 4.53. The molecule has 2 heterocycles. The first-order valence-corrected chi connectivity index (χ1v) is 10.2. The van der Waals surface area contributed by atoms with Crippen LogP contribution in [-0.4, -0.2) is 28.9 Å². The number of hydrogen-bond acceptors (Lipinski definition) is 6. The highest BCUT2D eigenvalue weighted by molar-refractivity contribution is 7.14. The molecule has 0 saturated heterocycles. The Morgan fingerprint density at radius 3 is 2.33 bits per heavy atom. The smallest absolute Gasteiger partial charge is 0.294 e. The molecule has 30 heavy (non-hydrogen) atoms. The zero-order valence-electron chi connectivity index (χ0n) is 16.7. The quantitative estimate of drug-likeness (QED) is 0.613. The number of aliphatic hydroxyl groups is 1. The molecule has 0 aliphatic carbocycles. The number of nitrogens with zero attached hydrogens (tertiary/aromatic N) is 2. The first-order chi connectivity index (χ1) is 14.4. The molecule has 0 spiro atoms. The predicted molar refractivity (Wildman–Crippen MR) is 115 cm³/mol. The summed E-state index contributed by atoms with van der Waals surface area (Å²) in [5, 5.41) is 11.5. The molecule has 1 aliphatic heterocycles. The lowest BCUT2D eigenvalue weighted by Crippen LogP contribution is -2.31. The van der Waals surface area contributed by atoms with Crippen molar-refractivity contribution in [1.82, 2.24) is 4.98 Å². The van der Waals surface area contributed by atoms with Gasteiger partial charge in [0.25, 0.3) is 5.91 Å². The Hall–Kier alpha value is -3.45. The van der Waals surface area contributed by atoms with Gasteiger partial charge in [0.2, 0.25) is 5.78 Å². The van der Waals surface area contributed by atoms with Gasteiger partial charge in [0.05, 0.1) is 34.3 Å². The molecule has 6 nitrogen and oxygen atoms in total. The van der Waals surface area contributed by atoms with Crippen LogP contribution in [0.2, 0.25) is 0 Å². The summed E-state index contributed by atoms with van der Waals surface area (Å²) in [5.41, 5.74) is 1.93. The number of aliphatic hydroxyl groups excluding tert-OH is 1. The Kier molecular flexibility index (Phi) is 5.13. The van der Waals surface area contributed by atoms with Crippen LogP contribution < -0.4 is 9.64 Å². The van der Waals surface area contributed by atoms with Crippen molar-refractivity contribution in [3.8, 4) is 5.75 Å². The average Bonchev–Trinajstić information content (AvgIpc) is 3.24. The van der Waals surface area contributed by atoms with Crippen LogP contribution in [0.3, 0.4) is 0 Å². The van der Waals surface area contributed by atoms with E-state index >= 15 is 0 Å². The minimum Gasteiger partial charge on any atom is -0.503 e. The summed E-state index contributed by atoms with van der Waals surface area (Å²) in [5.74, 6) is -0.869. The van der Waals surface area contributed by atoms with Crippen LogP contribution in [0.15, 0.2) is 65.9 Å². The van der Waals surface area contributed by atoms with Crippen molar-refractivity contribution in [3.63, 3.8) is 0 Å². The Morgan fingerprint density at radius 2 is 1.77 bits per heavy atom. The van der Waals surface area contributed by atoms with E-state index in [4.69, 9.17) is 4.74 Å². The standard InChI is InChI=1S/C23H20N2O4S/c1-13-22(30-14(2)24-13)20(26)18-19(15-9-11-17(29-3)12-10-15)25(23(28)21(18)27)16-7-5-4-6-8-16/h4-12,19,27H,1-3H3. The summed E-state index contributed by atoms with van der Waals surface area (Å²) >= 11 is 1.26. The van der Waals surface area contributed by atoms with Gasteiger partial charge in [-0.2, -0.15) is 0 Å². The van der Waals surface area contributed by atoms with Gasteiger partial charge in [-0.3, -0.25) is 14.5 Å². The molecule has 2 aromatic carbocycles. The number of ether oxygens (including phenoxy) is 1. The van der Waals surface area contributed by atoms with Crippen LogP contribution in [0.4, 0.5) is 5.69 Å². The Bertz CT molecular complexity index is 1150. The number of Topliss-reactive ketones (excluding diaryl/α,β-unsaturated/α-hetero) is 1. The van der Waals surface area contributed by atoms with E-state index < -0.39 is 17.7 Å². The van der Waals surface area contributed by atoms with Crippen molar-refractivity contribution in [2.75, 3.05) is 12.0 Å². The van der Waals surface area contributed by atoms with Crippen LogP contribution in [0, 0.1) is 13.8 Å². The number of methoxy groups -OCH3 is 1. The minimum atomic E-state index is -0.764. The lowest BCUT2D eigenvalue weighted by Gasteiger charge is -2.27. The van der Waals surface area contributed by atoms with Gasteiger partial charge < -0.3 is 9.84 Å².